The second-order valence-electron chi connectivity index (χ2n) is 6.72. The maximum absolute atomic E-state index is 12.7. The highest BCUT2D eigenvalue weighted by atomic mass is 32.2. The Morgan fingerprint density at radius 3 is 2.71 bits per heavy atom. The van der Waals surface area contributed by atoms with Gasteiger partial charge in [-0.15, -0.1) is 5.10 Å². The molecule has 0 aliphatic rings. The van der Waals surface area contributed by atoms with Gasteiger partial charge in [0.05, 0.1) is 21.7 Å². The Labute approximate surface area is 183 Å². The fourth-order valence-corrected chi connectivity index (χ4v) is 5.57. The third-order valence-corrected chi connectivity index (χ3v) is 7.78. The number of hydrogen-bond donors (Lipinski definition) is 2. The van der Waals surface area contributed by atoms with E-state index in [0.29, 0.717) is 29.7 Å². The van der Waals surface area contributed by atoms with E-state index in [1.165, 1.54) is 28.2 Å². The molecular formula is C20H22N6O3S2. The second-order valence-corrected chi connectivity index (χ2v) is 9.60. The molecule has 9 nitrogen and oxygen atoms in total. The second kappa shape index (κ2) is 8.69. The lowest BCUT2D eigenvalue weighted by molar-refractivity contribution is -0.113. The zero-order valence-corrected chi connectivity index (χ0v) is 18.7. The number of thioether (sulfide) groups is 1. The first-order chi connectivity index (χ1) is 14.9. The summed E-state index contributed by atoms with van der Waals surface area (Å²) >= 11 is 1.27. The van der Waals surface area contributed by atoms with Crippen LogP contribution in [0.5, 0.6) is 0 Å². The molecule has 11 heteroatoms. The molecule has 31 heavy (non-hydrogen) atoms. The predicted octanol–water partition coefficient (Wildman–Crippen LogP) is 2.97. The third kappa shape index (κ3) is 4.16. The molecule has 0 saturated carbocycles. The van der Waals surface area contributed by atoms with E-state index in [1.54, 1.807) is 26.0 Å². The van der Waals surface area contributed by atoms with Crippen molar-refractivity contribution in [3.05, 3.63) is 48.5 Å². The van der Waals surface area contributed by atoms with Gasteiger partial charge in [0.25, 0.3) is 0 Å². The van der Waals surface area contributed by atoms with Gasteiger partial charge in [-0.25, -0.2) is 18.5 Å². The number of H-pyrrole nitrogens is 1. The average Bonchev–Trinajstić information content (AvgIpc) is 3.32. The summed E-state index contributed by atoms with van der Waals surface area (Å²) in [6.07, 6.45) is 0. The van der Waals surface area contributed by atoms with Crippen LogP contribution in [0.25, 0.3) is 16.8 Å². The number of imidazole rings is 1. The number of aromatic nitrogens is 4. The van der Waals surface area contributed by atoms with E-state index in [1.807, 2.05) is 28.7 Å². The van der Waals surface area contributed by atoms with Crippen LogP contribution in [0.4, 0.5) is 5.69 Å². The van der Waals surface area contributed by atoms with Crippen molar-refractivity contribution in [1.29, 1.82) is 0 Å². The summed E-state index contributed by atoms with van der Waals surface area (Å²) < 4.78 is 28.7. The van der Waals surface area contributed by atoms with Crippen LogP contribution in [-0.2, 0) is 14.8 Å². The molecule has 0 saturated heterocycles. The quantitative estimate of drug-likeness (QED) is 0.393. The van der Waals surface area contributed by atoms with E-state index < -0.39 is 10.0 Å². The Kier molecular flexibility index (Phi) is 5.99. The van der Waals surface area contributed by atoms with Gasteiger partial charge < -0.3 is 5.32 Å². The lowest BCUT2D eigenvalue weighted by Gasteiger charge is -2.18. The van der Waals surface area contributed by atoms with Crippen molar-refractivity contribution >= 4 is 50.2 Å². The van der Waals surface area contributed by atoms with Gasteiger partial charge in [0, 0.05) is 18.8 Å². The van der Waals surface area contributed by atoms with Gasteiger partial charge in [-0.2, -0.15) is 4.31 Å². The molecule has 162 valence electrons. The Hall–Kier alpha value is -2.89. The van der Waals surface area contributed by atoms with Gasteiger partial charge in [0.2, 0.25) is 21.7 Å². The number of benzene rings is 2. The van der Waals surface area contributed by atoms with Crippen LogP contribution in [-0.4, -0.2) is 57.1 Å². The highest BCUT2D eigenvalue weighted by molar-refractivity contribution is 7.99. The maximum Gasteiger partial charge on any atom is 0.243 e. The van der Waals surface area contributed by atoms with Gasteiger partial charge in [-0.05, 0) is 30.3 Å². The van der Waals surface area contributed by atoms with E-state index in [4.69, 9.17) is 0 Å². The minimum atomic E-state index is -3.59. The van der Waals surface area contributed by atoms with Crippen LogP contribution in [0.15, 0.2) is 58.6 Å². The van der Waals surface area contributed by atoms with Gasteiger partial charge in [0.15, 0.2) is 5.16 Å². The SMILES string of the molecule is CCN(CC)S(=O)(=O)c1cccc(NC(=O)CSc2n[nH]c3nc4ccccc4n23)c1. The summed E-state index contributed by atoms with van der Waals surface area (Å²) in [5.41, 5.74) is 2.18. The molecule has 0 radical (unpaired) electrons. The monoisotopic (exact) mass is 458 g/mol. The number of para-hydroxylation sites is 2. The highest BCUT2D eigenvalue weighted by Crippen LogP contribution is 2.24. The van der Waals surface area contributed by atoms with Crippen LogP contribution in [0.1, 0.15) is 13.8 Å². The number of nitrogens with zero attached hydrogens (tertiary/aromatic N) is 4. The number of amides is 1. The third-order valence-electron chi connectivity index (χ3n) is 4.80. The van der Waals surface area contributed by atoms with Crippen molar-refractivity contribution in [2.24, 2.45) is 0 Å². The standard InChI is InChI=1S/C20H22N6O3S2/c1-3-25(4-2)31(28,29)15-9-7-8-14(12-15)21-18(27)13-30-20-24-23-19-22-16-10-5-6-11-17(16)26(19)20/h5-12H,3-4,13H2,1-2H3,(H,21,27)(H,22,23). The average molecular weight is 459 g/mol. The molecule has 0 fully saturated rings. The van der Waals surface area contributed by atoms with Crippen LogP contribution >= 0.6 is 11.8 Å². The first-order valence-electron chi connectivity index (χ1n) is 9.78. The number of nitrogens with one attached hydrogen (secondary N) is 2. The largest absolute Gasteiger partial charge is 0.325 e. The first-order valence-corrected chi connectivity index (χ1v) is 12.2. The summed E-state index contributed by atoms with van der Waals surface area (Å²) in [6, 6.07) is 14.0. The van der Waals surface area contributed by atoms with Crippen molar-refractivity contribution in [2.75, 3.05) is 24.2 Å². The van der Waals surface area contributed by atoms with Gasteiger partial charge in [-0.3, -0.25) is 9.20 Å². The van der Waals surface area contributed by atoms with Crippen molar-refractivity contribution in [2.45, 2.75) is 23.9 Å². The summed E-state index contributed by atoms with van der Waals surface area (Å²) in [5.74, 6) is 0.459. The molecule has 4 rings (SSSR count). The molecule has 1 amide bonds. The number of fused-ring (bicyclic) bond motifs is 3. The van der Waals surface area contributed by atoms with Crippen LogP contribution in [0.3, 0.4) is 0 Å². The molecule has 0 atom stereocenters. The number of sulfonamides is 1. The van der Waals surface area contributed by atoms with E-state index in [2.05, 4.69) is 20.5 Å². The molecular weight excluding hydrogens is 436 g/mol. The van der Waals surface area contributed by atoms with Crippen LogP contribution < -0.4 is 5.32 Å². The zero-order valence-electron chi connectivity index (χ0n) is 17.1. The molecule has 0 unspecified atom stereocenters. The van der Waals surface area contributed by atoms with Crippen LogP contribution in [0.2, 0.25) is 0 Å². The number of aromatic amines is 1. The summed E-state index contributed by atoms with van der Waals surface area (Å²) in [6.45, 7) is 4.35. The van der Waals surface area contributed by atoms with Crippen molar-refractivity contribution in [1.82, 2.24) is 23.9 Å². The Morgan fingerprint density at radius 1 is 1.16 bits per heavy atom. The number of carbonyl (C=O) groups excluding carboxylic acids is 1. The lowest BCUT2D eigenvalue weighted by atomic mass is 10.3. The minimum absolute atomic E-state index is 0.111. The molecule has 2 aromatic heterocycles. The van der Waals surface area contributed by atoms with Gasteiger partial charge in [-0.1, -0.05) is 43.8 Å². The first kappa shape index (κ1) is 21.3. The molecule has 2 N–H and O–H groups in total. The van der Waals surface area contributed by atoms with E-state index in [9.17, 15) is 13.2 Å². The van der Waals surface area contributed by atoms with E-state index >= 15 is 0 Å². The molecule has 2 heterocycles. The van der Waals surface area contributed by atoms with Crippen molar-refractivity contribution in [3.63, 3.8) is 0 Å². The smallest absolute Gasteiger partial charge is 0.243 e. The minimum Gasteiger partial charge on any atom is -0.325 e. The van der Waals surface area contributed by atoms with Crippen molar-refractivity contribution in [3.8, 4) is 0 Å². The fourth-order valence-electron chi connectivity index (χ4n) is 3.31. The van der Waals surface area contributed by atoms with Crippen molar-refractivity contribution < 1.29 is 13.2 Å². The number of anilines is 1. The number of carbonyl (C=O) groups is 1. The van der Waals surface area contributed by atoms with E-state index in [-0.39, 0.29) is 16.6 Å². The molecule has 0 aliphatic carbocycles. The number of hydrogen-bond acceptors (Lipinski definition) is 6. The summed E-state index contributed by atoms with van der Waals surface area (Å²) in [4.78, 5) is 17.1. The maximum atomic E-state index is 12.7. The predicted molar refractivity (Wildman–Crippen MR) is 121 cm³/mol. The molecule has 0 spiro atoms. The zero-order chi connectivity index (χ0) is 22.0. The molecule has 0 aliphatic heterocycles. The Bertz CT molecular complexity index is 1340. The molecule has 0 bridgehead atoms. The molecule has 4 aromatic rings. The Balaban J connectivity index is 1.47. The fraction of sp³-hybridized carbons (Fsp3) is 0.250. The van der Waals surface area contributed by atoms with E-state index in [0.717, 1.165) is 11.0 Å². The Morgan fingerprint density at radius 2 is 1.94 bits per heavy atom. The highest BCUT2D eigenvalue weighted by Gasteiger charge is 2.22. The van der Waals surface area contributed by atoms with Crippen LogP contribution in [0, 0.1) is 0 Å². The topological polar surface area (TPSA) is 112 Å². The summed E-state index contributed by atoms with van der Waals surface area (Å²) in [5, 5.41) is 10.5. The number of rotatable bonds is 8. The molecule has 2 aromatic carbocycles. The lowest BCUT2D eigenvalue weighted by Crippen LogP contribution is -2.30. The normalized spacial score (nSPS) is 12.1. The van der Waals surface area contributed by atoms with Gasteiger partial charge in [0.1, 0.15) is 0 Å². The van der Waals surface area contributed by atoms with Gasteiger partial charge >= 0.3 is 0 Å². The summed E-state index contributed by atoms with van der Waals surface area (Å²) in [7, 11) is -3.59.